The van der Waals surface area contributed by atoms with Gasteiger partial charge in [-0.25, -0.2) is 12.8 Å². The molecule has 0 aliphatic heterocycles. The van der Waals surface area contributed by atoms with E-state index in [9.17, 15) is 12.8 Å². The summed E-state index contributed by atoms with van der Waals surface area (Å²) in [5.74, 6) is -0.223. The highest BCUT2D eigenvalue weighted by Crippen LogP contribution is 2.30. The number of benzene rings is 2. The smallest absolute Gasteiger partial charge is 0.265 e. The number of nitrogens with one attached hydrogen (secondary N) is 1. The molecule has 8 heteroatoms. The Morgan fingerprint density at radius 3 is 2.45 bits per heavy atom. The van der Waals surface area contributed by atoms with Crippen LogP contribution in [-0.2, 0) is 10.0 Å². The molecule has 0 amide bonds. The molecule has 0 radical (unpaired) electrons. The van der Waals surface area contributed by atoms with Gasteiger partial charge in [-0.3, -0.25) is 4.72 Å². The van der Waals surface area contributed by atoms with Crippen molar-refractivity contribution in [1.29, 1.82) is 0 Å². The number of anilines is 1. The third-order valence-electron chi connectivity index (χ3n) is 2.83. The fourth-order valence-electron chi connectivity index (χ4n) is 1.77. The molecule has 0 spiro atoms. The van der Waals surface area contributed by atoms with Gasteiger partial charge in [-0.1, -0.05) is 11.6 Å². The Bertz CT molecular complexity index is 795. The van der Waals surface area contributed by atoms with E-state index in [2.05, 4.69) is 4.72 Å². The molecule has 2 aromatic rings. The zero-order valence-corrected chi connectivity index (χ0v) is 13.3. The molecule has 1 N–H and O–H groups in total. The van der Waals surface area contributed by atoms with E-state index in [-0.39, 0.29) is 21.4 Å². The summed E-state index contributed by atoms with van der Waals surface area (Å²) in [5.41, 5.74) is -0.245. The Hall–Kier alpha value is -1.99. The van der Waals surface area contributed by atoms with Crippen molar-refractivity contribution in [3.63, 3.8) is 0 Å². The van der Waals surface area contributed by atoms with Crippen molar-refractivity contribution in [2.75, 3.05) is 18.9 Å². The second kappa shape index (κ2) is 6.41. The molecule has 0 aromatic heterocycles. The predicted molar refractivity (Wildman–Crippen MR) is 81.8 cm³/mol. The summed E-state index contributed by atoms with van der Waals surface area (Å²) in [4.78, 5) is -0.143. The summed E-state index contributed by atoms with van der Waals surface area (Å²) in [6.45, 7) is 0. The van der Waals surface area contributed by atoms with E-state index in [1.54, 1.807) is 0 Å². The molecule has 0 unspecified atom stereocenters. The first-order valence-electron chi connectivity index (χ1n) is 6.07. The van der Waals surface area contributed by atoms with Crippen LogP contribution in [0.4, 0.5) is 10.1 Å². The number of hydrogen-bond acceptors (Lipinski definition) is 4. The Balaban J connectivity index is 2.44. The molecule has 0 saturated carbocycles. The van der Waals surface area contributed by atoms with Gasteiger partial charge in [-0.2, -0.15) is 0 Å². The molecule has 0 atom stereocenters. The minimum absolute atomic E-state index is 0.0780. The Labute approximate surface area is 132 Å². The number of methoxy groups -OCH3 is 2. The summed E-state index contributed by atoms with van der Waals surface area (Å²) in [6.07, 6.45) is 0. The Morgan fingerprint density at radius 1 is 1.09 bits per heavy atom. The van der Waals surface area contributed by atoms with E-state index >= 15 is 0 Å². The fraction of sp³-hybridized carbons (Fsp3) is 0.143. The van der Waals surface area contributed by atoms with Crippen molar-refractivity contribution < 1.29 is 22.3 Å². The number of sulfonamides is 1. The van der Waals surface area contributed by atoms with Crippen molar-refractivity contribution in [3.8, 4) is 11.5 Å². The van der Waals surface area contributed by atoms with Gasteiger partial charge < -0.3 is 9.47 Å². The Kier molecular flexibility index (Phi) is 4.77. The quantitative estimate of drug-likeness (QED) is 0.903. The van der Waals surface area contributed by atoms with E-state index in [4.69, 9.17) is 21.1 Å². The molecular formula is C14H13ClFNO4S. The maximum Gasteiger partial charge on any atom is 0.265 e. The third-order valence-corrected chi connectivity index (χ3v) is 4.47. The van der Waals surface area contributed by atoms with Crippen LogP contribution in [0.25, 0.3) is 0 Å². The Morgan fingerprint density at radius 2 is 1.82 bits per heavy atom. The zero-order chi connectivity index (χ0) is 16.3. The molecule has 0 heterocycles. The summed E-state index contributed by atoms with van der Waals surface area (Å²) in [6, 6.07) is 7.77. The summed E-state index contributed by atoms with van der Waals surface area (Å²) in [5, 5.41) is 0.209. The molecule has 22 heavy (non-hydrogen) atoms. The monoisotopic (exact) mass is 345 g/mol. The minimum atomic E-state index is -4.05. The largest absolute Gasteiger partial charge is 0.497 e. The SMILES string of the molecule is COc1ccc(S(=O)(=O)Nc2cc(Cl)ccc2F)c(OC)c1. The van der Waals surface area contributed by atoms with Gasteiger partial charge in [0.15, 0.2) is 0 Å². The standard InChI is InChI=1S/C14H13ClFNO4S/c1-20-10-4-6-14(13(8-10)21-2)22(18,19)17-12-7-9(15)3-5-11(12)16/h3-8,17H,1-2H3. The van der Waals surface area contributed by atoms with Gasteiger partial charge in [-0.15, -0.1) is 0 Å². The molecule has 2 aromatic carbocycles. The van der Waals surface area contributed by atoms with Crippen LogP contribution in [0.3, 0.4) is 0 Å². The molecule has 2 rings (SSSR count). The van der Waals surface area contributed by atoms with Crippen molar-refractivity contribution >= 4 is 27.3 Å². The highest BCUT2D eigenvalue weighted by Gasteiger charge is 2.21. The first kappa shape index (κ1) is 16.4. The number of hydrogen-bond donors (Lipinski definition) is 1. The van der Waals surface area contributed by atoms with Gasteiger partial charge in [0.2, 0.25) is 0 Å². The average molecular weight is 346 g/mol. The van der Waals surface area contributed by atoms with Gasteiger partial charge in [0, 0.05) is 11.1 Å². The summed E-state index contributed by atoms with van der Waals surface area (Å²) >= 11 is 5.75. The molecule has 0 aliphatic carbocycles. The summed E-state index contributed by atoms with van der Waals surface area (Å²) < 4.78 is 50.7. The highest BCUT2D eigenvalue weighted by molar-refractivity contribution is 7.92. The van der Waals surface area contributed by atoms with Crippen LogP contribution in [0, 0.1) is 5.82 Å². The van der Waals surface area contributed by atoms with Gasteiger partial charge >= 0.3 is 0 Å². The molecule has 0 aliphatic rings. The van der Waals surface area contributed by atoms with E-state index in [1.165, 1.54) is 44.6 Å². The topological polar surface area (TPSA) is 64.6 Å². The van der Waals surface area contributed by atoms with E-state index in [0.29, 0.717) is 5.75 Å². The van der Waals surface area contributed by atoms with Gasteiger partial charge in [0.1, 0.15) is 22.2 Å². The summed E-state index contributed by atoms with van der Waals surface area (Å²) in [7, 11) is -1.28. The second-order valence-electron chi connectivity index (χ2n) is 4.25. The fourth-order valence-corrected chi connectivity index (χ4v) is 3.15. The van der Waals surface area contributed by atoms with Gasteiger partial charge in [0.05, 0.1) is 19.9 Å². The lowest BCUT2D eigenvalue weighted by atomic mass is 10.3. The van der Waals surface area contributed by atoms with Crippen molar-refractivity contribution in [3.05, 3.63) is 47.2 Å². The normalized spacial score (nSPS) is 11.1. The van der Waals surface area contributed by atoms with E-state index in [1.807, 2.05) is 0 Å². The first-order valence-corrected chi connectivity index (χ1v) is 7.93. The first-order chi connectivity index (χ1) is 10.4. The second-order valence-corrected chi connectivity index (χ2v) is 6.33. The van der Waals surface area contributed by atoms with Crippen molar-refractivity contribution in [2.24, 2.45) is 0 Å². The number of rotatable bonds is 5. The lowest BCUT2D eigenvalue weighted by Gasteiger charge is -2.13. The van der Waals surface area contributed by atoms with Gasteiger partial charge in [0.25, 0.3) is 10.0 Å². The molecule has 0 saturated heterocycles. The molecule has 0 bridgehead atoms. The molecule has 0 fully saturated rings. The van der Waals surface area contributed by atoms with Crippen LogP contribution in [0.15, 0.2) is 41.3 Å². The maximum atomic E-state index is 13.7. The maximum absolute atomic E-state index is 13.7. The van der Waals surface area contributed by atoms with Gasteiger partial charge in [-0.05, 0) is 30.3 Å². The van der Waals surface area contributed by atoms with Crippen LogP contribution in [0.2, 0.25) is 5.02 Å². The van der Waals surface area contributed by atoms with E-state index < -0.39 is 15.8 Å². The van der Waals surface area contributed by atoms with Crippen LogP contribution in [0.5, 0.6) is 11.5 Å². The minimum Gasteiger partial charge on any atom is -0.497 e. The van der Waals surface area contributed by atoms with Crippen molar-refractivity contribution in [2.45, 2.75) is 4.90 Å². The third kappa shape index (κ3) is 3.42. The highest BCUT2D eigenvalue weighted by atomic mass is 35.5. The zero-order valence-electron chi connectivity index (χ0n) is 11.8. The average Bonchev–Trinajstić information content (AvgIpc) is 2.50. The van der Waals surface area contributed by atoms with Crippen molar-refractivity contribution in [1.82, 2.24) is 0 Å². The van der Waals surface area contributed by atoms with Crippen LogP contribution >= 0.6 is 11.6 Å². The van der Waals surface area contributed by atoms with E-state index in [0.717, 1.165) is 6.07 Å². The lowest BCUT2D eigenvalue weighted by Crippen LogP contribution is -2.15. The van der Waals surface area contributed by atoms with Crippen LogP contribution in [0.1, 0.15) is 0 Å². The molecular weight excluding hydrogens is 333 g/mol. The number of halogens is 2. The predicted octanol–water partition coefficient (Wildman–Crippen LogP) is 3.30. The molecule has 5 nitrogen and oxygen atoms in total. The van der Waals surface area contributed by atoms with Crippen LogP contribution < -0.4 is 14.2 Å². The number of ether oxygens (including phenoxy) is 2. The van der Waals surface area contributed by atoms with Crippen LogP contribution in [-0.4, -0.2) is 22.6 Å². The molecule has 118 valence electrons. The lowest BCUT2D eigenvalue weighted by molar-refractivity contribution is 0.386.